The maximum absolute atomic E-state index is 11.3. The summed E-state index contributed by atoms with van der Waals surface area (Å²) in [5.41, 5.74) is 0. The molecule has 0 saturated carbocycles. The molecule has 6 heteroatoms. The van der Waals surface area contributed by atoms with Crippen LogP contribution in [0.15, 0.2) is 0 Å². The van der Waals surface area contributed by atoms with E-state index in [1.54, 1.807) is 0 Å². The summed E-state index contributed by atoms with van der Waals surface area (Å²) < 4.78 is 34.4. The van der Waals surface area contributed by atoms with Crippen LogP contribution < -0.4 is 51.4 Å². The molecular formula is C3H6FKO3S. The molecule has 0 N–H and O–H groups in total. The Balaban J connectivity index is 0. The topological polar surface area (TPSA) is 49.4 Å². The normalized spacial score (nSPS) is 15.9. The second-order valence-electron chi connectivity index (χ2n) is 1.27. The van der Waals surface area contributed by atoms with Crippen molar-refractivity contribution in [1.29, 1.82) is 0 Å². The van der Waals surface area contributed by atoms with Crippen LogP contribution in [0.25, 0.3) is 0 Å². The van der Waals surface area contributed by atoms with E-state index in [1.165, 1.54) is 6.92 Å². The van der Waals surface area contributed by atoms with Crippen LogP contribution >= 0.6 is 0 Å². The molecule has 0 spiro atoms. The molecule has 2 atom stereocenters. The van der Waals surface area contributed by atoms with Gasteiger partial charge in [-0.1, -0.05) is 0 Å². The molecule has 0 aromatic rings. The molecule has 0 radical (unpaired) electrons. The van der Waals surface area contributed by atoms with Gasteiger partial charge in [0.15, 0.2) is 0 Å². The molecule has 3 nitrogen and oxygen atoms in total. The first kappa shape index (κ1) is 13.2. The fourth-order valence-electron chi connectivity index (χ4n) is 0.160. The number of hydrogen-bond acceptors (Lipinski definition) is 3. The minimum Gasteiger partial charge on any atom is -0.750 e. The van der Waals surface area contributed by atoms with Gasteiger partial charge in [0.25, 0.3) is 0 Å². The summed E-state index contributed by atoms with van der Waals surface area (Å²) in [7, 11) is 0. The molecule has 0 aliphatic carbocycles. The van der Waals surface area contributed by atoms with E-state index < -0.39 is 24.1 Å². The Kier molecular flexibility index (Phi) is 11.4. The van der Waals surface area contributed by atoms with Crippen molar-refractivity contribution < 1.29 is 68.7 Å². The van der Waals surface area contributed by atoms with Gasteiger partial charge in [0.05, 0.1) is 17.5 Å². The summed E-state index contributed by atoms with van der Waals surface area (Å²) in [5, 5.41) is 0. The Labute approximate surface area is 98.3 Å². The maximum atomic E-state index is 11.3. The van der Waals surface area contributed by atoms with Crippen LogP contribution in [0.1, 0.15) is 6.92 Å². The molecule has 0 aliphatic rings. The summed E-state index contributed by atoms with van der Waals surface area (Å²) in [6, 6.07) is 0. The predicted molar refractivity (Wildman–Crippen MR) is 25.4 cm³/mol. The van der Waals surface area contributed by atoms with Crippen molar-refractivity contribution in [3.63, 3.8) is 0 Å². The SMILES string of the molecule is CC(CF)OS(=O)[O-].[K+]. The Morgan fingerprint density at radius 3 is 2.44 bits per heavy atom. The molecule has 0 aromatic carbocycles. The third-order valence-electron chi connectivity index (χ3n) is 0.460. The van der Waals surface area contributed by atoms with Crippen molar-refractivity contribution in [2.45, 2.75) is 13.0 Å². The molecule has 50 valence electrons. The molecule has 0 aliphatic heterocycles. The van der Waals surface area contributed by atoms with Crippen LogP contribution in [0, 0.1) is 0 Å². The summed E-state index contributed by atoms with van der Waals surface area (Å²) in [6.07, 6.45) is -0.853. The number of rotatable bonds is 3. The molecular weight excluding hydrogens is 174 g/mol. The van der Waals surface area contributed by atoms with Gasteiger partial charge in [-0.3, -0.25) is 4.18 Å². The molecule has 0 amide bonds. The Hall–Kier alpha value is 1.64. The van der Waals surface area contributed by atoms with Crippen LogP contribution in [0.3, 0.4) is 0 Å². The summed E-state index contributed by atoms with van der Waals surface area (Å²) >= 11 is -2.59. The molecule has 0 rings (SSSR count). The van der Waals surface area contributed by atoms with E-state index in [0.29, 0.717) is 0 Å². The van der Waals surface area contributed by atoms with Gasteiger partial charge in [-0.25, -0.2) is 8.60 Å². The first-order valence-electron chi connectivity index (χ1n) is 1.99. The van der Waals surface area contributed by atoms with Crippen molar-refractivity contribution in [3.8, 4) is 0 Å². The zero-order valence-electron chi connectivity index (χ0n) is 5.30. The van der Waals surface area contributed by atoms with Gasteiger partial charge in [0.2, 0.25) is 0 Å². The standard InChI is InChI=1S/C3H7FO3S.K/c1-3(2-4)7-8(5)6;/h3H,2H2,1H3,(H,5,6);/q;+1/p-1. The summed E-state index contributed by atoms with van der Waals surface area (Å²) in [4.78, 5) is 0. The average molecular weight is 180 g/mol. The van der Waals surface area contributed by atoms with Crippen molar-refractivity contribution in [3.05, 3.63) is 0 Å². The molecule has 0 aromatic heterocycles. The summed E-state index contributed by atoms with van der Waals surface area (Å²) in [6.45, 7) is 0.545. The zero-order chi connectivity index (χ0) is 6.57. The molecule has 2 unspecified atom stereocenters. The van der Waals surface area contributed by atoms with Gasteiger partial charge < -0.3 is 4.55 Å². The molecule has 9 heavy (non-hydrogen) atoms. The molecule has 0 fully saturated rings. The van der Waals surface area contributed by atoms with E-state index in [4.69, 9.17) is 0 Å². The van der Waals surface area contributed by atoms with Crippen LogP contribution in [-0.2, 0) is 15.5 Å². The maximum Gasteiger partial charge on any atom is 1.00 e. The van der Waals surface area contributed by atoms with Crippen molar-refractivity contribution in [2.75, 3.05) is 6.67 Å². The fourth-order valence-corrected chi connectivity index (χ4v) is 0.480. The van der Waals surface area contributed by atoms with Crippen molar-refractivity contribution in [1.82, 2.24) is 0 Å². The Morgan fingerprint density at radius 2 is 2.33 bits per heavy atom. The van der Waals surface area contributed by atoms with Crippen molar-refractivity contribution >= 4 is 11.4 Å². The van der Waals surface area contributed by atoms with Crippen LogP contribution in [0.4, 0.5) is 4.39 Å². The second-order valence-corrected chi connectivity index (χ2v) is 1.87. The zero-order valence-corrected chi connectivity index (χ0v) is 9.24. The third-order valence-corrected chi connectivity index (χ3v) is 0.946. The van der Waals surface area contributed by atoms with E-state index in [9.17, 15) is 13.2 Å². The van der Waals surface area contributed by atoms with Crippen LogP contribution in [-0.4, -0.2) is 21.5 Å². The van der Waals surface area contributed by atoms with Gasteiger partial charge in [-0.15, -0.1) is 0 Å². The number of halogens is 1. The van der Waals surface area contributed by atoms with E-state index in [0.717, 1.165) is 0 Å². The van der Waals surface area contributed by atoms with Gasteiger partial charge in [0.1, 0.15) is 6.67 Å². The fraction of sp³-hybridized carbons (Fsp3) is 1.00. The minimum absolute atomic E-state index is 0. The second kappa shape index (κ2) is 7.74. The van der Waals surface area contributed by atoms with E-state index in [2.05, 4.69) is 4.18 Å². The predicted octanol–water partition coefficient (Wildman–Crippen LogP) is -2.84. The number of alkyl halides is 1. The van der Waals surface area contributed by atoms with E-state index in [-0.39, 0.29) is 51.4 Å². The Morgan fingerprint density at radius 1 is 1.89 bits per heavy atom. The van der Waals surface area contributed by atoms with Gasteiger partial charge >= 0.3 is 51.4 Å². The minimum atomic E-state index is -2.59. The largest absolute Gasteiger partial charge is 1.00 e. The smallest absolute Gasteiger partial charge is 0.750 e. The first-order valence-corrected chi connectivity index (χ1v) is 2.99. The summed E-state index contributed by atoms with van der Waals surface area (Å²) in [5.74, 6) is 0. The van der Waals surface area contributed by atoms with Gasteiger partial charge in [0, 0.05) is 0 Å². The van der Waals surface area contributed by atoms with E-state index >= 15 is 0 Å². The van der Waals surface area contributed by atoms with Crippen LogP contribution in [0.2, 0.25) is 0 Å². The van der Waals surface area contributed by atoms with Gasteiger partial charge in [-0.2, -0.15) is 0 Å². The quantitative estimate of drug-likeness (QED) is 0.347. The number of hydrogen-bond donors (Lipinski definition) is 0. The first-order chi connectivity index (χ1) is 3.66. The average Bonchev–Trinajstić information content (AvgIpc) is 1.65. The monoisotopic (exact) mass is 180 g/mol. The van der Waals surface area contributed by atoms with E-state index in [1.807, 2.05) is 0 Å². The molecule has 0 saturated heterocycles. The molecule has 0 heterocycles. The third kappa shape index (κ3) is 9.64. The van der Waals surface area contributed by atoms with Crippen molar-refractivity contribution in [2.24, 2.45) is 0 Å². The Bertz CT molecular complexity index is 91.1. The van der Waals surface area contributed by atoms with Gasteiger partial charge in [-0.05, 0) is 6.92 Å². The van der Waals surface area contributed by atoms with Crippen LogP contribution in [0.5, 0.6) is 0 Å². The molecule has 0 bridgehead atoms.